The molecule has 0 radical (unpaired) electrons. The van der Waals surface area contributed by atoms with Gasteiger partial charge >= 0.3 is 0 Å². The van der Waals surface area contributed by atoms with Crippen molar-refractivity contribution in [3.63, 3.8) is 0 Å². The van der Waals surface area contributed by atoms with Crippen LogP contribution in [0.4, 0.5) is 11.4 Å². The molecule has 0 aliphatic heterocycles. The highest BCUT2D eigenvalue weighted by molar-refractivity contribution is 9.10. The van der Waals surface area contributed by atoms with Gasteiger partial charge in [-0.15, -0.1) is 0 Å². The SMILES string of the molecule is Cc1cc(Br)cc(NC(=O)C2CC2(C)C)c1N. The molecule has 1 fully saturated rings. The summed E-state index contributed by atoms with van der Waals surface area (Å²) in [5.74, 6) is 0.181. The minimum atomic E-state index is 0.0687. The first kappa shape index (κ1) is 12.4. The standard InChI is InChI=1S/C13H17BrN2O/c1-7-4-8(14)5-10(11(7)15)16-12(17)9-6-13(9,2)3/h4-5,9H,6,15H2,1-3H3,(H,16,17). The summed E-state index contributed by atoms with van der Waals surface area (Å²) in [6, 6.07) is 3.78. The molecule has 1 atom stereocenters. The van der Waals surface area contributed by atoms with E-state index < -0.39 is 0 Å². The van der Waals surface area contributed by atoms with E-state index in [-0.39, 0.29) is 17.2 Å². The smallest absolute Gasteiger partial charge is 0.228 e. The maximum absolute atomic E-state index is 12.0. The number of hydrogen-bond donors (Lipinski definition) is 2. The zero-order valence-corrected chi connectivity index (χ0v) is 11.9. The van der Waals surface area contributed by atoms with Crippen LogP contribution in [0.25, 0.3) is 0 Å². The van der Waals surface area contributed by atoms with E-state index >= 15 is 0 Å². The molecule has 1 aliphatic carbocycles. The molecule has 1 aromatic rings. The Hall–Kier alpha value is -1.03. The van der Waals surface area contributed by atoms with Gasteiger partial charge in [0.15, 0.2) is 0 Å². The topological polar surface area (TPSA) is 55.1 Å². The van der Waals surface area contributed by atoms with Gasteiger partial charge in [-0.05, 0) is 36.5 Å². The number of aryl methyl sites for hydroxylation is 1. The summed E-state index contributed by atoms with van der Waals surface area (Å²) in [5, 5.41) is 2.92. The number of benzene rings is 1. The van der Waals surface area contributed by atoms with Gasteiger partial charge in [-0.3, -0.25) is 4.79 Å². The predicted octanol–water partition coefficient (Wildman–Crippen LogP) is 3.32. The van der Waals surface area contributed by atoms with E-state index in [0.717, 1.165) is 16.5 Å². The number of hydrogen-bond acceptors (Lipinski definition) is 2. The average Bonchev–Trinajstić information content (AvgIpc) is 2.83. The first-order chi connectivity index (χ1) is 7.81. The van der Waals surface area contributed by atoms with Gasteiger partial charge in [0.1, 0.15) is 0 Å². The van der Waals surface area contributed by atoms with E-state index in [2.05, 4.69) is 35.1 Å². The number of rotatable bonds is 2. The molecule has 0 heterocycles. The number of carbonyl (C=O) groups is 1. The van der Waals surface area contributed by atoms with Crippen LogP contribution in [0.1, 0.15) is 25.8 Å². The third kappa shape index (κ3) is 2.46. The predicted molar refractivity (Wildman–Crippen MR) is 73.8 cm³/mol. The molecule has 1 unspecified atom stereocenters. The van der Waals surface area contributed by atoms with Crippen molar-refractivity contribution < 1.29 is 4.79 Å². The second-order valence-corrected chi connectivity index (χ2v) is 6.33. The maximum Gasteiger partial charge on any atom is 0.228 e. The van der Waals surface area contributed by atoms with Crippen LogP contribution in [0, 0.1) is 18.3 Å². The molecule has 0 bridgehead atoms. The molecule has 0 saturated heterocycles. The van der Waals surface area contributed by atoms with Crippen LogP contribution < -0.4 is 11.1 Å². The van der Waals surface area contributed by atoms with Crippen molar-refractivity contribution >= 4 is 33.2 Å². The highest BCUT2D eigenvalue weighted by atomic mass is 79.9. The van der Waals surface area contributed by atoms with Crippen LogP contribution in [-0.2, 0) is 4.79 Å². The van der Waals surface area contributed by atoms with Gasteiger partial charge in [-0.2, -0.15) is 0 Å². The summed E-state index contributed by atoms with van der Waals surface area (Å²) in [7, 11) is 0. The van der Waals surface area contributed by atoms with E-state index in [1.165, 1.54) is 0 Å². The summed E-state index contributed by atoms with van der Waals surface area (Å²) < 4.78 is 0.926. The third-order valence-corrected chi connectivity index (χ3v) is 3.90. The highest BCUT2D eigenvalue weighted by Gasteiger charge is 2.50. The lowest BCUT2D eigenvalue weighted by atomic mass is 10.1. The van der Waals surface area contributed by atoms with Crippen molar-refractivity contribution in [3.8, 4) is 0 Å². The van der Waals surface area contributed by atoms with Crippen LogP contribution >= 0.6 is 15.9 Å². The summed E-state index contributed by atoms with van der Waals surface area (Å²) in [6.45, 7) is 6.14. The molecule has 3 N–H and O–H groups in total. The lowest BCUT2D eigenvalue weighted by Crippen LogP contribution is -2.17. The van der Waals surface area contributed by atoms with Crippen LogP contribution in [0.15, 0.2) is 16.6 Å². The Morgan fingerprint density at radius 1 is 1.53 bits per heavy atom. The summed E-state index contributed by atoms with van der Waals surface area (Å²) in [6.07, 6.45) is 0.950. The Balaban J connectivity index is 2.17. The first-order valence-corrected chi connectivity index (χ1v) is 6.47. The molecule has 1 amide bonds. The summed E-state index contributed by atoms with van der Waals surface area (Å²) in [5.41, 5.74) is 8.39. The van der Waals surface area contributed by atoms with E-state index in [1.807, 2.05) is 19.1 Å². The first-order valence-electron chi connectivity index (χ1n) is 5.68. The number of nitrogens with one attached hydrogen (secondary N) is 1. The monoisotopic (exact) mass is 296 g/mol. The Bertz CT molecular complexity index is 483. The molecular weight excluding hydrogens is 280 g/mol. The Kier molecular flexibility index (Phi) is 2.94. The van der Waals surface area contributed by atoms with Crippen molar-refractivity contribution in [3.05, 3.63) is 22.2 Å². The van der Waals surface area contributed by atoms with Gasteiger partial charge in [-0.1, -0.05) is 29.8 Å². The van der Waals surface area contributed by atoms with Crippen LogP contribution in [-0.4, -0.2) is 5.91 Å². The van der Waals surface area contributed by atoms with Crippen molar-refractivity contribution in [2.45, 2.75) is 27.2 Å². The molecule has 92 valence electrons. The average molecular weight is 297 g/mol. The molecular formula is C13H17BrN2O. The highest BCUT2D eigenvalue weighted by Crippen LogP contribution is 2.52. The number of carbonyl (C=O) groups excluding carboxylic acids is 1. The Labute approximate surface area is 110 Å². The van der Waals surface area contributed by atoms with Crippen molar-refractivity contribution in [2.75, 3.05) is 11.1 Å². The largest absolute Gasteiger partial charge is 0.397 e. The molecule has 2 rings (SSSR count). The molecule has 4 heteroatoms. The zero-order valence-electron chi connectivity index (χ0n) is 10.3. The fourth-order valence-corrected chi connectivity index (χ4v) is 2.56. The van der Waals surface area contributed by atoms with Crippen molar-refractivity contribution in [1.29, 1.82) is 0 Å². The molecule has 3 nitrogen and oxygen atoms in total. The Morgan fingerprint density at radius 3 is 2.65 bits per heavy atom. The molecule has 1 saturated carbocycles. The quantitative estimate of drug-likeness (QED) is 0.823. The van der Waals surface area contributed by atoms with E-state index in [0.29, 0.717) is 11.4 Å². The summed E-state index contributed by atoms with van der Waals surface area (Å²) in [4.78, 5) is 12.0. The van der Waals surface area contributed by atoms with Crippen molar-refractivity contribution in [1.82, 2.24) is 0 Å². The second kappa shape index (κ2) is 4.02. The molecule has 17 heavy (non-hydrogen) atoms. The number of nitrogens with two attached hydrogens (primary N) is 1. The Morgan fingerprint density at radius 2 is 2.12 bits per heavy atom. The van der Waals surface area contributed by atoms with Gasteiger partial charge in [-0.25, -0.2) is 0 Å². The number of amides is 1. The number of anilines is 2. The molecule has 0 spiro atoms. The minimum Gasteiger partial charge on any atom is -0.397 e. The molecule has 0 aromatic heterocycles. The van der Waals surface area contributed by atoms with Gasteiger partial charge < -0.3 is 11.1 Å². The normalized spacial score (nSPS) is 21.1. The van der Waals surface area contributed by atoms with E-state index in [4.69, 9.17) is 5.73 Å². The van der Waals surface area contributed by atoms with E-state index in [1.54, 1.807) is 0 Å². The third-order valence-electron chi connectivity index (χ3n) is 3.44. The molecule has 1 aromatic carbocycles. The van der Waals surface area contributed by atoms with Crippen LogP contribution in [0.5, 0.6) is 0 Å². The van der Waals surface area contributed by atoms with Gasteiger partial charge in [0, 0.05) is 10.4 Å². The fourth-order valence-electron chi connectivity index (χ4n) is 1.99. The van der Waals surface area contributed by atoms with Crippen LogP contribution in [0.2, 0.25) is 0 Å². The van der Waals surface area contributed by atoms with Crippen molar-refractivity contribution in [2.24, 2.45) is 11.3 Å². The number of halogens is 1. The van der Waals surface area contributed by atoms with Crippen LogP contribution in [0.3, 0.4) is 0 Å². The minimum absolute atomic E-state index is 0.0687. The van der Waals surface area contributed by atoms with Gasteiger partial charge in [0.25, 0.3) is 0 Å². The maximum atomic E-state index is 12.0. The van der Waals surface area contributed by atoms with E-state index in [9.17, 15) is 4.79 Å². The van der Waals surface area contributed by atoms with Gasteiger partial charge in [0.05, 0.1) is 11.4 Å². The zero-order chi connectivity index (χ0) is 12.8. The lowest BCUT2D eigenvalue weighted by molar-refractivity contribution is -0.117. The number of nitrogen functional groups attached to an aromatic ring is 1. The summed E-state index contributed by atoms with van der Waals surface area (Å²) >= 11 is 3.41. The fraction of sp³-hybridized carbons (Fsp3) is 0.462. The lowest BCUT2D eigenvalue weighted by Gasteiger charge is -2.11. The second-order valence-electron chi connectivity index (χ2n) is 5.42. The van der Waals surface area contributed by atoms with Gasteiger partial charge in [0.2, 0.25) is 5.91 Å². The molecule has 1 aliphatic rings.